The van der Waals surface area contributed by atoms with Gasteiger partial charge in [0.15, 0.2) is 0 Å². The fourth-order valence-corrected chi connectivity index (χ4v) is 2.12. The number of rotatable bonds is 0. The molecule has 0 N–H and O–H groups in total. The van der Waals surface area contributed by atoms with Gasteiger partial charge >= 0.3 is 0 Å². The Balaban J connectivity index is 2.16. The first kappa shape index (κ1) is 5.71. The highest BCUT2D eigenvalue weighted by molar-refractivity contribution is 9.18. The van der Waals surface area contributed by atoms with Gasteiger partial charge in [-0.2, -0.15) is 0 Å². The van der Waals surface area contributed by atoms with Crippen LogP contribution in [0.1, 0.15) is 19.3 Å². The standard InChI is InChI=1S/C6H8BrNO/c7-6-4-2-1-3-5(4)9-8-6/h4-5H,1-3H2/t4-,5-/m0/s1. The maximum Gasteiger partial charge on any atom is 0.136 e. The van der Waals surface area contributed by atoms with Crippen LogP contribution in [0.4, 0.5) is 0 Å². The Morgan fingerprint density at radius 2 is 2.44 bits per heavy atom. The van der Waals surface area contributed by atoms with Crippen LogP contribution < -0.4 is 0 Å². The minimum absolute atomic E-state index is 0.402. The molecular weight excluding hydrogens is 182 g/mol. The van der Waals surface area contributed by atoms with Gasteiger partial charge in [-0.1, -0.05) is 5.16 Å². The van der Waals surface area contributed by atoms with Crippen molar-refractivity contribution in [3.8, 4) is 0 Å². The van der Waals surface area contributed by atoms with Crippen LogP contribution in [0.25, 0.3) is 0 Å². The first-order valence-electron chi connectivity index (χ1n) is 3.27. The van der Waals surface area contributed by atoms with Crippen LogP contribution in [-0.2, 0) is 4.84 Å². The maximum absolute atomic E-state index is 5.13. The van der Waals surface area contributed by atoms with Gasteiger partial charge in [0.05, 0.1) is 5.92 Å². The minimum atomic E-state index is 0.402. The van der Waals surface area contributed by atoms with Crippen molar-refractivity contribution in [1.29, 1.82) is 0 Å². The minimum Gasteiger partial charge on any atom is -0.391 e. The average Bonchev–Trinajstić information content (AvgIpc) is 2.35. The van der Waals surface area contributed by atoms with E-state index in [9.17, 15) is 0 Å². The summed E-state index contributed by atoms with van der Waals surface area (Å²) in [4.78, 5) is 5.13. The summed E-state index contributed by atoms with van der Waals surface area (Å²) in [6.07, 6.45) is 4.12. The van der Waals surface area contributed by atoms with E-state index < -0.39 is 0 Å². The molecular formula is C6H8BrNO. The fraction of sp³-hybridized carbons (Fsp3) is 0.833. The summed E-state index contributed by atoms with van der Waals surface area (Å²) in [6, 6.07) is 0. The van der Waals surface area contributed by atoms with Gasteiger partial charge in [-0.3, -0.25) is 0 Å². The van der Waals surface area contributed by atoms with Crippen molar-refractivity contribution in [2.45, 2.75) is 25.4 Å². The van der Waals surface area contributed by atoms with Gasteiger partial charge in [0.25, 0.3) is 0 Å². The highest BCUT2D eigenvalue weighted by Crippen LogP contribution is 2.35. The first-order chi connectivity index (χ1) is 4.38. The lowest BCUT2D eigenvalue weighted by atomic mass is 10.1. The molecule has 2 nitrogen and oxygen atoms in total. The lowest BCUT2D eigenvalue weighted by molar-refractivity contribution is 0.0746. The summed E-state index contributed by atoms with van der Waals surface area (Å²) in [5.41, 5.74) is 0. The first-order valence-corrected chi connectivity index (χ1v) is 4.06. The Morgan fingerprint density at radius 1 is 1.56 bits per heavy atom. The average molecular weight is 190 g/mol. The smallest absolute Gasteiger partial charge is 0.136 e. The predicted octanol–water partition coefficient (Wildman–Crippen LogP) is 1.89. The quantitative estimate of drug-likeness (QED) is 0.571. The molecule has 0 amide bonds. The maximum atomic E-state index is 5.13. The summed E-state index contributed by atoms with van der Waals surface area (Å²) < 4.78 is 1.02. The van der Waals surface area contributed by atoms with Gasteiger partial charge in [0.2, 0.25) is 0 Å². The van der Waals surface area contributed by atoms with Crippen molar-refractivity contribution < 1.29 is 4.84 Å². The number of oxime groups is 1. The lowest BCUT2D eigenvalue weighted by Gasteiger charge is -2.03. The molecule has 9 heavy (non-hydrogen) atoms. The summed E-state index contributed by atoms with van der Waals surface area (Å²) in [5.74, 6) is 0.588. The topological polar surface area (TPSA) is 21.6 Å². The van der Waals surface area contributed by atoms with E-state index in [4.69, 9.17) is 4.84 Å². The zero-order valence-electron chi connectivity index (χ0n) is 5.01. The Hall–Kier alpha value is -0.0500. The van der Waals surface area contributed by atoms with Crippen LogP contribution in [0.2, 0.25) is 0 Å². The van der Waals surface area contributed by atoms with Gasteiger partial charge < -0.3 is 4.84 Å². The van der Waals surface area contributed by atoms with Crippen molar-refractivity contribution in [2.24, 2.45) is 11.1 Å². The molecule has 2 aliphatic rings. The molecule has 0 aromatic heterocycles. The number of halogens is 1. The van der Waals surface area contributed by atoms with Gasteiger partial charge in [-0.15, -0.1) is 0 Å². The van der Waals surface area contributed by atoms with Crippen LogP contribution in [0, 0.1) is 5.92 Å². The van der Waals surface area contributed by atoms with Gasteiger partial charge in [0, 0.05) is 0 Å². The Kier molecular flexibility index (Phi) is 1.25. The van der Waals surface area contributed by atoms with Gasteiger partial charge in [-0.25, -0.2) is 0 Å². The van der Waals surface area contributed by atoms with Crippen LogP contribution >= 0.6 is 15.9 Å². The van der Waals surface area contributed by atoms with Crippen molar-refractivity contribution >= 4 is 20.6 Å². The van der Waals surface area contributed by atoms with E-state index in [1.54, 1.807) is 0 Å². The number of hydrogen-bond acceptors (Lipinski definition) is 2. The third-order valence-corrected chi connectivity index (χ3v) is 2.77. The zero-order valence-corrected chi connectivity index (χ0v) is 6.60. The summed E-state index contributed by atoms with van der Waals surface area (Å²) >= 11 is 3.37. The predicted molar refractivity (Wildman–Crippen MR) is 38.6 cm³/mol. The fourth-order valence-electron chi connectivity index (χ4n) is 1.51. The summed E-state index contributed by atoms with van der Waals surface area (Å²) in [5, 5.41) is 3.85. The molecule has 0 aromatic rings. The third-order valence-electron chi connectivity index (χ3n) is 2.03. The Labute approximate surface area is 62.4 Å². The summed E-state index contributed by atoms with van der Waals surface area (Å²) in [6.45, 7) is 0. The van der Waals surface area contributed by atoms with Crippen LogP contribution in [0.5, 0.6) is 0 Å². The Bertz CT molecular complexity index is 157. The van der Waals surface area contributed by atoms with Gasteiger partial charge in [0.1, 0.15) is 10.7 Å². The molecule has 1 heterocycles. The molecule has 2 rings (SSSR count). The zero-order chi connectivity index (χ0) is 6.27. The molecule has 3 heteroatoms. The number of nitrogens with zero attached hydrogens (tertiary/aromatic N) is 1. The highest BCUT2D eigenvalue weighted by Gasteiger charge is 2.36. The SMILES string of the molecule is BrC1=NO[C@H]2CCC[C@H]12. The second-order valence-electron chi connectivity index (χ2n) is 2.60. The molecule has 1 aliphatic heterocycles. The molecule has 0 radical (unpaired) electrons. The molecule has 2 atom stereocenters. The van der Waals surface area contributed by atoms with Crippen LogP contribution in [-0.4, -0.2) is 10.7 Å². The Morgan fingerprint density at radius 3 is 3.22 bits per heavy atom. The number of fused-ring (bicyclic) bond motifs is 1. The molecule has 0 spiro atoms. The molecule has 0 bridgehead atoms. The monoisotopic (exact) mass is 189 g/mol. The van der Waals surface area contributed by atoms with E-state index in [1.807, 2.05) is 0 Å². The molecule has 1 saturated carbocycles. The molecule has 50 valence electrons. The van der Waals surface area contributed by atoms with Crippen molar-refractivity contribution in [3.63, 3.8) is 0 Å². The van der Waals surface area contributed by atoms with E-state index in [2.05, 4.69) is 21.1 Å². The third kappa shape index (κ3) is 0.784. The summed E-state index contributed by atoms with van der Waals surface area (Å²) in [7, 11) is 0. The van der Waals surface area contributed by atoms with E-state index in [0.29, 0.717) is 12.0 Å². The van der Waals surface area contributed by atoms with Gasteiger partial charge in [-0.05, 0) is 35.2 Å². The molecule has 1 aliphatic carbocycles. The van der Waals surface area contributed by atoms with E-state index in [1.165, 1.54) is 19.3 Å². The second-order valence-corrected chi connectivity index (χ2v) is 3.41. The second kappa shape index (κ2) is 1.97. The van der Waals surface area contributed by atoms with Crippen LogP contribution in [0.3, 0.4) is 0 Å². The largest absolute Gasteiger partial charge is 0.391 e. The number of hydrogen-bond donors (Lipinski definition) is 0. The molecule has 0 unspecified atom stereocenters. The molecule has 0 saturated heterocycles. The van der Waals surface area contributed by atoms with Crippen molar-refractivity contribution in [1.82, 2.24) is 0 Å². The van der Waals surface area contributed by atoms with Crippen molar-refractivity contribution in [3.05, 3.63) is 0 Å². The molecule has 1 fully saturated rings. The van der Waals surface area contributed by atoms with E-state index in [0.717, 1.165) is 4.62 Å². The highest BCUT2D eigenvalue weighted by atomic mass is 79.9. The van der Waals surface area contributed by atoms with Crippen LogP contribution in [0.15, 0.2) is 5.16 Å². The van der Waals surface area contributed by atoms with E-state index >= 15 is 0 Å². The van der Waals surface area contributed by atoms with E-state index in [-0.39, 0.29) is 0 Å². The van der Waals surface area contributed by atoms with Crippen molar-refractivity contribution in [2.75, 3.05) is 0 Å². The normalized spacial score (nSPS) is 39.9. The molecule has 0 aromatic carbocycles. The lowest BCUT2D eigenvalue weighted by Crippen LogP contribution is -2.12.